The van der Waals surface area contributed by atoms with Crippen LogP contribution in [0.5, 0.6) is 0 Å². The first-order chi connectivity index (χ1) is 55.8. The maximum absolute atomic E-state index is 15.1. The Morgan fingerprint density at radius 1 is 0.556 bits per heavy atom. The van der Waals surface area contributed by atoms with E-state index in [2.05, 4.69) is 37.2 Å². The number of unbranched alkanes of at least 4 members (excludes halogenated alkanes) is 2. The number of aliphatic carboxylic acids is 4. The zero-order chi connectivity index (χ0) is 85.7. The lowest BCUT2D eigenvalue weighted by molar-refractivity contribution is -0.148. The number of carbonyl (C=O) groups is 17. The molecule has 5 aliphatic rings. The van der Waals surface area contributed by atoms with E-state index in [0.717, 1.165) is 11.3 Å². The van der Waals surface area contributed by atoms with Gasteiger partial charge < -0.3 is 98.2 Å². The highest BCUT2D eigenvalue weighted by Gasteiger charge is 2.47. The second-order valence-electron chi connectivity index (χ2n) is 28.8. The zero-order valence-corrected chi connectivity index (χ0v) is 67.6. The Balaban J connectivity index is 1.18. The molecule has 16 N–H and O–H groups in total. The van der Waals surface area contributed by atoms with Gasteiger partial charge in [-0.3, -0.25) is 106 Å². The normalized spacial score (nSPS) is 22.6. The van der Waals surface area contributed by atoms with Gasteiger partial charge >= 0.3 is 23.9 Å². The maximum Gasteiger partial charge on any atom is 0.317 e. The van der Waals surface area contributed by atoms with Crippen LogP contribution in [-0.2, 0) is 102 Å². The van der Waals surface area contributed by atoms with Crippen LogP contribution in [0.3, 0.4) is 0 Å². The number of ether oxygens (including phenoxy) is 3. The summed E-state index contributed by atoms with van der Waals surface area (Å²) in [7, 11) is 0. The Bertz CT molecular complexity index is 3630. The molecule has 43 heteroatoms. The second-order valence-corrected chi connectivity index (χ2v) is 30.9. The predicted molar refractivity (Wildman–Crippen MR) is 419 cm³/mol. The predicted octanol–water partition coefficient (Wildman–Crippen LogP) is -5.21. The number of hydrogen-bond donors (Lipinski definition) is 14. The fraction of sp³-hybridized carbons (Fsp3) is 0.662. The molecule has 6 rings (SSSR count). The Kier molecular flexibility index (Phi) is 41.5. The minimum absolute atomic E-state index is 0.00370. The highest BCUT2D eigenvalue weighted by atomic mass is 32.2. The number of benzene rings is 1. The molecule has 0 bridgehead atoms. The summed E-state index contributed by atoms with van der Waals surface area (Å²) in [6, 6.07) is -4.95. The topological polar surface area (TPSA) is 578 Å². The standard InChI is InChI=1S/C74H112N16O25S2/c1-3-4-6-17-56(93)78-52-45-117-64-63(73(111)90(74(64)112)23-12-33-114-35-37-115-36-34-113-32-11-20-77-57(94)40-84-24-26-85(41-59(97)98)28-30-87(43-61(101)102)31-29-86(27-25-84)42-60(99)100)116-44-51(68(106)80-49(65(76)103)39-58(95)96)82-67(105)50(38-47-13-7-5-8-14-47)81-66(104)48(18-19-55(75)92)79-70(108)62(46(2)91)83-69(107)53-15-9-21-88(53)72(110)54-16-10-22-89(54)71(52)109/h5,7-8,13-14,46,48-54,62,91H,3-4,6,9-12,15-45H2,1-2H3,(H2,75,92)(H2,76,103)(H,77,94)(H,78,93)(H,79,108)(H,80,106)(H,81,104)(H,82,105)(H,83,107)(H,95,96)(H,97,98)(H,99,100)(H,101,102)/t46-,48+,49+,50+,51+,52+,53+,54+,62+/m1/s1. The van der Waals surface area contributed by atoms with Crippen LogP contribution in [0.2, 0.25) is 0 Å². The molecular formula is C74H112N16O25S2. The molecule has 117 heavy (non-hydrogen) atoms. The maximum atomic E-state index is 15.1. The van der Waals surface area contributed by atoms with Crippen molar-refractivity contribution in [2.75, 3.05) is 156 Å². The van der Waals surface area contributed by atoms with Crippen LogP contribution >= 0.6 is 23.5 Å². The summed E-state index contributed by atoms with van der Waals surface area (Å²) in [5, 5.41) is 67.2. The molecule has 0 spiro atoms. The number of nitrogens with two attached hydrogens (primary N) is 2. The molecule has 3 saturated heterocycles. The number of fused-ring (bicyclic) bond motifs is 2. The third-order valence-electron chi connectivity index (χ3n) is 19.7. The number of thioether (sulfide) groups is 2. The van der Waals surface area contributed by atoms with Gasteiger partial charge in [-0.2, -0.15) is 0 Å². The van der Waals surface area contributed by atoms with Crippen molar-refractivity contribution >= 4 is 124 Å². The molecule has 0 unspecified atom stereocenters. The molecule has 0 aromatic heterocycles. The highest BCUT2D eigenvalue weighted by molar-refractivity contribution is 8.08. The van der Waals surface area contributed by atoms with E-state index in [9.17, 15) is 102 Å². The summed E-state index contributed by atoms with van der Waals surface area (Å²) in [5.74, 6) is -17.8. The molecule has 0 saturated carbocycles. The van der Waals surface area contributed by atoms with Crippen LogP contribution in [0.15, 0.2) is 40.1 Å². The van der Waals surface area contributed by atoms with Gasteiger partial charge in [-0.1, -0.05) is 50.1 Å². The number of carbonyl (C=O) groups excluding carboxylic acids is 13. The molecule has 13 amide bonds. The SMILES string of the molecule is CCCCCC(=O)N[C@H]1CSC2=C(SC[C@@H](C(=O)N[C@@H](CC(=O)O)C(N)=O)NC(=O)[C@H](Cc3ccccc3)NC(=O)[C@H](CCC(N)=O)NC(=O)[C@H]([C@@H](C)O)NC(=O)[C@@H]3CCCN3C(=O)[C@@H]3CCCN3C1=O)C(=O)N(CCCOCCOCCOCCCNC(=O)CN1CCN(CC(=O)O)CCN(CC(=O)O)CCN(CC(=O)O)CC1)C2=O. The van der Waals surface area contributed by atoms with Crippen molar-refractivity contribution in [3.63, 3.8) is 0 Å². The highest BCUT2D eigenvalue weighted by Crippen LogP contribution is 2.38. The number of hydrogen-bond acceptors (Lipinski definition) is 27. The average molecular weight is 1690 g/mol. The van der Waals surface area contributed by atoms with E-state index in [1.165, 1.54) is 16.7 Å². The van der Waals surface area contributed by atoms with Crippen molar-refractivity contribution < 1.29 is 121 Å². The largest absolute Gasteiger partial charge is 0.481 e. The quantitative estimate of drug-likeness (QED) is 0.0217. The summed E-state index contributed by atoms with van der Waals surface area (Å²) in [6.07, 6.45) is -1.06. The summed E-state index contributed by atoms with van der Waals surface area (Å²) in [5.41, 5.74) is 11.5. The third-order valence-corrected chi connectivity index (χ3v) is 22.2. The van der Waals surface area contributed by atoms with Gasteiger partial charge in [0, 0.05) is 123 Å². The van der Waals surface area contributed by atoms with Crippen molar-refractivity contribution in [3.8, 4) is 0 Å². The van der Waals surface area contributed by atoms with Crippen LogP contribution < -0.4 is 48.7 Å². The number of nitrogens with zero attached hydrogens (tertiary/aromatic N) is 7. The monoisotopic (exact) mass is 1690 g/mol. The first-order valence-corrected chi connectivity index (χ1v) is 41.2. The third kappa shape index (κ3) is 33.1. The van der Waals surface area contributed by atoms with E-state index in [1.54, 1.807) is 49.9 Å². The summed E-state index contributed by atoms with van der Waals surface area (Å²) < 4.78 is 17.2. The van der Waals surface area contributed by atoms with E-state index in [-0.39, 0.29) is 192 Å². The number of carboxylic acids is 4. The van der Waals surface area contributed by atoms with E-state index in [4.69, 9.17) is 25.7 Å². The van der Waals surface area contributed by atoms with Gasteiger partial charge in [0.25, 0.3) is 11.8 Å². The molecule has 0 radical (unpaired) electrons. The first-order valence-electron chi connectivity index (χ1n) is 39.2. The molecule has 0 aliphatic carbocycles. The van der Waals surface area contributed by atoms with Gasteiger partial charge in [0.15, 0.2) is 0 Å². The number of primary amides is 2. The molecule has 650 valence electrons. The Labute approximate surface area is 685 Å². The van der Waals surface area contributed by atoms with Crippen molar-refractivity contribution in [2.45, 2.75) is 158 Å². The number of aliphatic hydroxyl groups excluding tert-OH is 1. The molecular weight excluding hydrogens is 1580 g/mol. The smallest absolute Gasteiger partial charge is 0.317 e. The number of nitrogens with one attached hydrogen (secondary N) is 7. The van der Waals surface area contributed by atoms with Gasteiger partial charge in [-0.15, -0.1) is 23.5 Å². The molecule has 5 heterocycles. The van der Waals surface area contributed by atoms with Crippen LogP contribution in [0.4, 0.5) is 0 Å². The van der Waals surface area contributed by atoms with Gasteiger partial charge in [0.05, 0.1) is 74.9 Å². The number of carboxylic acid groups (broad SMARTS) is 4. The lowest BCUT2D eigenvalue weighted by atomic mass is 10.0. The molecule has 9 atom stereocenters. The first kappa shape index (κ1) is 96.4. The molecule has 41 nitrogen and oxygen atoms in total. The van der Waals surface area contributed by atoms with Gasteiger partial charge in [-0.05, 0) is 63.9 Å². The second kappa shape index (κ2) is 50.3. The Morgan fingerprint density at radius 3 is 1.60 bits per heavy atom. The van der Waals surface area contributed by atoms with Gasteiger partial charge in [0.2, 0.25) is 65.0 Å². The van der Waals surface area contributed by atoms with Crippen molar-refractivity contribution in [1.29, 1.82) is 0 Å². The molecule has 3 fully saturated rings. The van der Waals surface area contributed by atoms with Crippen LogP contribution in [0, 0.1) is 0 Å². The van der Waals surface area contributed by atoms with Gasteiger partial charge in [-0.25, -0.2) is 0 Å². The molecule has 1 aromatic rings. The fourth-order valence-corrected chi connectivity index (χ4v) is 15.9. The fourth-order valence-electron chi connectivity index (χ4n) is 13.5. The van der Waals surface area contributed by atoms with Crippen LogP contribution in [-0.4, -0.2) is 371 Å². The minimum Gasteiger partial charge on any atom is -0.481 e. The lowest BCUT2D eigenvalue weighted by Crippen LogP contribution is -2.62. The Hall–Kier alpha value is -9.47. The van der Waals surface area contributed by atoms with Crippen molar-refractivity contribution in [1.82, 2.24) is 71.5 Å². The van der Waals surface area contributed by atoms with Gasteiger partial charge in [0.1, 0.15) is 48.3 Å². The van der Waals surface area contributed by atoms with E-state index >= 15 is 4.79 Å². The average Bonchev–Trinajstić information content (AvgIpc) is 1.65. The summed E-state index contributed by atoms with van der Waals surface area (Å²) in [6.45, 7) is 4.71. The Morgan fingerprint density at radius 2 is 1.07 bits per heavy atom. The van der Waals surface area contributed by atoms with Crippen LogP contribution in [0.25, 0.3) is 0 Å². The number of rotatable bonds is 38. The number of aliphatic hydroxyl groups is 1. The summed E-state index contributed by atoms with van der Waals surface area (Å²) >= 11 is 1.26. The zero-order valence-electron chi connectivity index (χ0n) is 66.0. The molecule has 5 aliphatic heterocycles. The van der Waals surface area contributed by atoms with Crippen LogP contribution in [0.1, 0.15) is 103 Å². The van der Waals surface area contributed by atoms with E-state index in [0.29, 0.717) is 61.2 Å². The van der Waals surface area contributed by atoms with E-state index < -0.39 is 180 Å². The van der Waals surface area contributed by atoms with E-state index in [1.807, 2.05) is 6.92 Å². The number of imide groups is 1. The summed E-state index contributed by atoms with van der Waals surface area (Å²) in [4.78, 5) is 241. The lowest BCUT2D eigenvalue weighted by Gasteiger charge is -2.33. The molecule has 1 aromatic carbocycles. The number of amides is 13. The van der Waals surface area contributed by atoms with Crippen molar-refractivity contribution in [2.24, 2.45) is 11.5 Å². The van der Waals surface area contributed by atoms with Crippen molar-refractivity contribution in [3.05, 3.63) is 45.7 Å². The minimum atomic E-state index is -1.91.